The number of benzene rings is 9. The fraction of sp³-hybridized carbons (Fsp3) is 0.0385. The van der Waals surface area contributed by atoms with Gasteiger partial charge >= 0.3 is 0 Å². The summed E-state index contributed by atoms with van der Waals surface area (Å²) in [4.78, 5) is 5.21. The molecule has 0 saturated heterocycles. The van der Waals surface area contributed by atoms with Crippen LogP contribution in [0.25, 0.3) is 48.7 Å². The van der Waals surface area contributed by atoms with Crippen molar-refractivity contribution in [1.82, 2.24) is 0 Å². The third-order valence-electron chi connectivity index (χ3n) is 11.0. The van der Waals surface area contributed by atoms with E-state index in [1.54, 1.807) is 0 Å². The van der Waals surface area contributed by atoms with Crippen LogP contribution in [0.2, 0.25) is 0 Å². The highest BCUT2D eigenvalue weighted by Gasteiger charge is 2.44. The zero-order valence-electron chi connectivity index (χ0n) is 29.9. The van der Waals surface area contributed by atoms with Crippen molar-refractivity contribution in [2.45, 2.75) is 12.1 Å². The molecule has 0 unspecified atom stereocenters. The molecule has 0 saturated carbocycles. The van der Waals surface area contributed by atoms with Gasteiger partial charge in [0.15, 0.2) is 0 Å². The Balaban J connectivity index is 1.33. The van der Waals surface area contributed by atoms with Gasteiger partial charge in [0.05, 0.1) is 11.4 Å². The van der Waals surface area contributed by atoms with Crippen molar-refractivity contribution in [2.24, 2.45) is 0 Å². The SMILES string of the molecule is C1=CC(N(c2ccc3ccccc3c2)c2cccc3ccccc23)(N(c2ccc3ccccc3c2)c2cccc3ccccc23)CC=C1c1ccccc1. The normalized spacial score (nSPS) is 13.7. The molecule has 0 N–H and O–H groups in total. The van der Waals surface area contributed by atoms with Gasteiger partial charge in [-0.1, -0.05) is 176 Å². The first-order chi connectivity index (χ1) is 26.7. The minimum absolute atomic E-state index is 0.708. The average Bonchev–Trinajstić information content (AvgIpc) is 3.24. The molecule has 0 amide bonds. The predicted octanol–water partition coefficient (Wildman–Crippen LogP) is 14.0. The van der Waals surface area contributed by atoms with Crippen molar-refractivity contribution >= 4 is 71.4 Å². The molecule has 0 atom stereocenters. The standard InChI is InChI=1S/C52H38N2/c1-2-14-38(15-3-1)41-32-34-52(35-33-41,53(46-30-28-39-16-4-6-20-44(39)36-46)50-26-12-22-42-18-8-10-24-48(42)50)54(47-31-29-40-17-5-7-21-45(40)37-47)51-27-13-23-43-19-9-11-25-49(43)51/h1-34,36-37H,35H2. The summed E-state index contributed by atoms with van der Waals surface area (Å²) in [6.07, 6.45) is 7.95. The third-order valence-corrected chi connectivity index (χ3v) is 11.0. The Kier molecular flexibility index (Phi) is 7.81. The van der Waals surface area contributed by atoms with Crippen LogP contribution in [-0.2, 0) is 0 Å². The highest BCUT2D eigenvalue weighted by atomic mass is 15.4. The maximum absolute atomic E-state index is 2.60. The lowest BCUT2D eigenvalue weighted by molar-refractivity contribution is 0.528. The monoisotopic (exact) mass is 690 g/mol. The Bertz CT molecular complexity index is 2710. The van der Waals surface area contributed by atoms with Gasteiger partial charge in [-0.25, -0.2) is 0 Å². The lowest BCUT2D eigenvalue weighted by Crippen LogP contribution is -2.57. The zero-order valence-corrected chi connectivity index (χ0v) is 29.9. The fourth-order valence-corrected chi connectivity index (χ4v) is 8.48. The van der Waals surface area contributed by atoms with E-state index >= 15 is 0 Å². The van der Waals surface area contributed by atoms with Crippen molar-refractivity contribution in [2.75, 3.05) is 9.80 Å². The number of nitrogens with zero attached hydrogens (tertiary/aromatic N) is 2. The van der Waals surface area contributed by atoms with Crippen LogP contribution in [0.15, 0.2) is 218 Å². The van der Waals surface area contributed by atoms with Gasteiger partial charge in [0.1, 0.15) is 5.66 Å². The maximum atomic E-state index is 2.60. The Hall–Kier alpha value is -6.90. The second-order valence-corrected chi connectivity index (χ2v) is 14.2. The molecule has 0 spiro atoms. The van der Waals surface area contributed by atoms with Crippen LogP contribution in [0.1, 0.15) is 12.0 Å². The van der Waals surface area contributed by atoms with Gasteiger partial charge < -0.3 is 9.80 Å². The summed E-state index contributed by atoms with van der Waals surface area (Å²) >= 11 is 0. The first-order valence-corrected chi connectivity index (χ1v) is 18.7. The summed E-state index contributed by atoms with van der Waals surface area (Å²) in [5, 5.41) is 9.68. The molecule has 9 aromatic carbocycles. The number of hydrogen-bond donors (Lipinski definition) is 0. The lowest BCUT2D eigenvalue weighted by Gasteiger charge is -2.52. The van der Waals surface area contributed by atoms with Crippen LogP contribution >= 0.6 is 0 Å². The molecule has 256 valence electrons. The van der Waals surface area contributed by atoms with E-state index in [1.807, 2.05) is 0 Å². The molecule has 0 aromatic heterocycles. The molecule has 0 heterocycles. The largest absolute Gasteiger partial charge is 0.313 e. The van der Waals surface area contributed by atoms with Crippen molar-refractivity contribution in [1.29, 1.82) is 0 Å². The molecular formula is C52H38N2. The number of rotatable bonds is 7. The van der Waals surface area contributed by atoms with Crippen LogP contribution in [0.3, 0.4) is 0 Å². The number of fused-ring (bicyclic) bond motifs is 4. The Morgan fingerprint density at radius 1 is 0.370 bits per heavy atom. The van der Waals surface area contributed by atoms with Crippen LogP contribution in [-0.4, -0.2) is 5.66 Å². The summed E-state index contributed by atoms with van der Waals surface area (Å²) in [5.41, 5.74) is 6.24. The van der Waals surface area contributed by atoms with Crippen LogP contribution < -0.4 is 9.80 Å². The Labute approximate surface area is 316 Å². The molecule has 2 nitrogen and oxygen atoms in total. The molecule has 54 heavy (non-hydrogen) atoms. The molecule has 2 heteroatoms. The van der Waals surface area contributed by atoms with E-state index in [1.165, 1.54) is 54.2 Å². The van der Waals surface area contributed by atoms with Gasteiger partial charge in [0.25, 0.3) is 0 Å². The minimum Gasteiger partial charge on any atom is -0.313 e. The van der Waals surface area contributed by atoms with E-state index in [2.05, 4.69) is 228 Å². The highest BCUT2D eigenvalue weighted by molar-refractivity contribution is 6.02. The van der Waals surface area contributed by atoms with E-state index < -0.39 is 5.66 Å². The molecule has 10 rings (SSSR count). The lowest BCUT2D eigenvalue weighted by atomic mass is 9.87. The Morgan fingerprint density at radius 2 is 0.815 bits per heavy atom. The third kappa shape index (κ3) is 5.43. The zero-order chi connectivity index (χ0) is 35.9. The van der Waals surface area contributed by atoms with Crippen molar-refractivity contribution < 1.29 is 0 Å². The first-order valence-electron chi connectivity index (χ1n) is 18.7. The summed E-state index contributed by atoms with van der Waals surface area (Å²) in [5.74, 6) is 0. The number of hydrogen-bond acceptors (Lipinski definition) is 2. The predicted molar refractivity (Wildman–Crippen MR) is 231 cm³/mol. The molecule has 9 aromatic rings. The maximum Gasteiger partial charge on any atom is 0.145 e. The van der Waals surface area contributed by atoms with Gasteiger partial charge in [-0.2, -0.15) is 0 Å². The number of anilines is 4. The van der Waals surface area contributed by atoms with Gasteiger partial charge in [-0.3, -0.25) is 0 Å². The van der Waals surface area contributed by atoms with Crippen molar-refractivity contribution in [3.8, 4) is 0 Å². The van der Waals surface area contributed by atoms with E-state index in [9.17, 15) is 0 Å². The smallest absolute Gasteiger partial charge is 0.145 e. The van der Waals surface area contributed by atoms with Gasteiger partial charge in [-0.05, 0) is 85.9 Å². The quantitative estimate of drug-likeness (QED) is 0.154. The summed E-state index contributed by atoms with van der Waals surface area (Å²) in [6, 6.07) is 73.0. The Morgan fingerprint density at radius 3 is 1.31 bits per heavy atom. The minimum atomic E-state index is -0.739. The van der Waals surface area contributed by atoms with Crippen LogP contribution in [0.4, 0.5) is 22.7 Å². The number of allylic oxidation sites excluding steroid dienone is 2. The van der Waals surface area contributed by atoms with Gasteiger partial charge in [0, 0.05) is 28.6 Å². The summed E-state index contributed by atoms with van der Waals surface area (Å²) in [7, 11) is 0. The van der Waals surface area contributed by atoms with Gasteiger partial charge in [0.2, 0.25) is 0 Å². The second-order valence-electron chi connectivity index (χ2n) is 14.2. The molecule has 0 radical (unpaired) electrons. The molecule has 0 aliphatic heterocycles. The van der Waals surface area contributed by atoms with Crippen LogP contribution in [0, 0.1) is 0 Å². The fourth-order valence-electron chi connectivity index (χ4n) is 8.48. The van der Waals surface area contributed by atoms with Crippen molar-refractivity contribution in [3.63, 3.8) is 0 Å². The highest BCUT2D eigenvalue weighted by Crippen LogP contribution is 2.50. The molecule has 0 bridgehead atoms. The molecule has 1 aliphatic rings. The van der Waals surface area contributed by atoms with E-state index in [4.69, 9.17) is 0 Å². The van der Waals surface area contributed by atoms with Crippen LogP contribution in [0.5, 0.6) is 0 Å². The average molecular weight is 691 g/mol. The second kappa shape index (κ2) is 13.3. The topological polar surface area (TPSA) is 6.48 Å². The van der Waals surface area contributed by atoms with E-state index in [-0.39, 0.29) is 0 Å². The van der Waals surface area contributed by atoms with Gasteiger partial charge in [-0.15, -0.1) is 0 Å². The summed E-state index contributed by atoms with van der Waals surface area (Å²) < 4.78 is 0. The molecule has 1 aliphatic carbocycles. The molecular weight excluding hydrogens is 653 g/mol. The van der Waals surface area contributed by atoms with E-state index in [0.29, 0.717) is 6.42 Å². The van der Waals surface area contributed by atoms with Crippen molar-refractivity contribution in [3.05, 3.63) is 224 Å². The molecule has 0 fully saturated rings. The van der Waals surface area contributed by atoms with E-state index in [0.717, 1.165) is 22.7 Å². The summed E-state index contributed by atoms with van der Waals surface area (Å²) in [6.45, 7) is 0. The first kappa shape index (κ1) is 31.8.